The molecule has 0 spiro atoms. The summed E-state index contributed by atoms with van der Waals surface area (Å²) in [6, 6.07) is 4.64. The number of rotatable bonds is 3. The molecule has 1 aliphatic rings. The molecule has 2 rings (SSSR count). The lowest BCUT2D eigenvalue weighted by Crippen LogP contribution is -2.37. The van der Waals surface area contributed by atoms with Crippen LogP contribution >= 0.6 is 0 Å². The number of carbonyl (C=O) groups excluding carboxylic acids is 1. The van der Waals surface area contributed by atoms with Gasteiger partial charge in [0.25, 0.3) is 0 Å². The van der Waals surface area contributed by atoms with Gasteiger partial charge in [0.05, 0.1) is 18.7 Å². The maximum atomic E-state index is 12.3. The minimum absolute atomic E-state index is 0.0290. The molecule has 0 radical (unpaired) electrons. The Morgan fingerprint density at radius 3 is 2.85 bits per heavy atom. The van der Waals surface area contributed by atoms with Crippen LogP contribution in [-0.4, -0.2) is 24.2 Å². The lowest BCUT2D eigenvalue weighted by Gasteiger charge is -2.21. The Morgan fingerprint density at radius 1 is 1.35 bits per heavy atom. The van der Waals surface area contributed by atoms with Crippen LogP contribution in [0.3, 0.4) is 0 Å². The van der Waals surface area contributed by atoms with E-state index in [-0.39, 0.29) is 23.6 Å². The molecule has 5 heteroatoms. The Labute approximate surface area is 119 Å². The van der Waals surface area contributed by atoms with E-state index in [2.05, 4.69) is 5.32 Å². The van der Waals surface area contributed by atoms with E-state index in [9.17, 15) is 9.90 Å². The number of aromatic hydroxyl groups is 1. The van der Waals surface area contributed by atoms with Gasteiger partial charge in [-0.2, -0.15) is 0 Å². The van der Waals surface area contributed by atoms with Crippen LogP contribution in [0.4, 0.5) is 5.69 Å². The van der Waals surface area contributed by atoms with Gasteiger partial charge in [0.15, 0.2) is 0 Å². The molecule has 1 fully saturated rings. The minimum atomic E-state index is -0.192. The van der Waals surface area contributed by atoms with Crippen molar-refractivity contribution in [1.29, 1.82) is 0 Å². The number of phenols is 1. The second-order valence-corrected chi connectivity index (χ2v) is 5.28. The van der Waals surface area contributed by atoms with E-state index < -0.39 is 0 Å². The number of methoxy groups -OCH3 is 1. The first-order chi connectivity index (χ1) is 9.61. The average Bonchev–Trinajstić information content (AvgIpc) is 2.66. The van der Waals surface area contributed by atoms with Crippen molar-refractivity contribution >= 4 is 11.6 Å². The van der Waals surface area contributed by atoms with Crippen LogP contribution in [0, 0.1) is 5.92 Å². The van der Waals surface area contributed by atoms with Gasteiger partial charge in [0.1, 0.15) is 11.5 Å². The van der Waals surface area contributed by atoms with Gasteiger partial charge >= 0.3 is 0 Å². The van der Waals surface area contributed by atoms with E-state index in [4.69, 9.17) is 10.5 Å². The molecule has 2 unspecified atom stereocenters. The SMILES string of the molecule is COc1ccc(O)c(NC(=O)C2CCCCCC2N)c1. The number of ether oxygens (including phenoxy) is 1. The highest BCUT2D eigenvalue weighted by atomic mass is 16.5. The largest absolute Gasteiger partial charge is 0.506 e. The summed E-state index contributed by atoms with van der Waals surface area (Å²) >= 11 is 0. The fraction of sp³-hybridized carbons (Fsp3) is 0.533. The summed E-state index contributed by atoms with van der Waals surface area (Å²) in [7, 11) is 1.54. The number of hydrogen-bond acceptors (Lipinski definition) is 4. The fourth-order valence-electron chi connectivity index (χ4n) is 2.63. The maximum Gasteiger partial charge on any atom is 0.229 e. The first-order valence-corrected chi connectivity index (χ1v) is 7.05. The monoisotopic (exact) mass is 278 g/mol. The summed E-state index contributed by atoms with van der Waals surface area (Å²) in [5, 5.41) is 12.6. The number of benzene rings is 1. The summed E-state index contributed by atoms with van der Waals surface area (Å²) in [4.78, 5) is 12.3. The average molecular weight is 278 g/mol. The zero-order valence-corrected chi connectivity index (χ0v) is 11.8. The molecule has 1 aromatic rings. The van der Waals surface area contributed by atoms with Gasteiger partial charge < -0.3 is 20.9 Å². The number of amides is 1. The van der Waals surface area contributed by atoms with Gasteiger partial charge in [-0.3, -0.25) is 4.79 Å². The normalized spacial score (nSPS) is 22.9. The number of anilines is 1. The number of nitrogens with one attached hydrogen (secondary N) is 1. The number of hydrogen-bond donors (Lipinski definition) is 3. The van der Waals surface area contributed by atoms with Crippen LogP contribution in [-0.2, 0) is 4.79 Å². The van der Waals surface area contributed by atoms with Crippen LogP contribution in [0.1, 0.15) is 32.1 Å². The Morgan fingerprint density at radius 2 is 2.10 bits per heavy atom. The highest BCUT2D eigenvalue weighted by Crippen LogP contribution is 2.30. The summed E-state index contributed by atoms with van der Waals surface area (Å²) < 4.78 is 5.09. The molecule has 0 aromatic heterocycles. The third kappa shape index (κ3) is 3.42. The lowest BCUT2D eigenvalue weighted by molar-refractivity contribution is -0.120. The first kappa shape index (κ1) is 14.7. The molecular weight excluding hydrogens is 256 g/mol. The van der Waals surface area contributed by atoms with Gasteiger partial charge in [-0.05, 0) is 25.0 Å². The molecule has 110 valence electrons. The van der Waals surface area contributed by atoms with E-state index in [0.717, 1.165) is 32.1 Å². The molecule has 0 bridgehead atoms. The summed E-state index contributed by atoms with van der Waals surface area (Å²) in [5.41, 5.74) is 6.45. The Kier molecular flexibility index (Phi) is 4.84. The van der Waals surface area contributed by atoms with Crippen LogP contribution in [0.15, 0.2) is 18.2 Å². The second kappa shape index (κ2) is 6.61. The summed E-state index contributed by atoms with van der Waals surface area (Å²) in [6.07, 6.45) is 4.91. The van der Waals surface area contributed by atoms with Gasteiger partial charge in [-0.25, -0.2) is 0 Å². The van der Waals surface area contributed by atoms with Gasteiger partial charge in [-0.15, -0.1) is 0 Å². The molecule has 0 aliphatic heterocycles. The van der Waals surface area contributed by atoms with E-state index in [1.54, 1.807) is 19.2 Å². The highest BCUT2D eigenvalue weighted by Gasteiger charge is 2.27. The lowest BCUT2D eigenvalue weighted by atomic mass is 9.94. The molecule has 2 atom stereocenters. The van der Waals surface area contributed by atoms with E-state index >= 15 is 0 Å². The van der Waals surface area contributed by atoms with Crippen LogP contribution in [0.2, 0.25) is 0 Å². The fourth-order valence-corrected chi connectivity index (χ4v) is 2.63. The van der Waals surface area contributed by atoms with Crippen molar-refractivity contribution in [3.05, 3.63) is 18.2 Å². The molecule has 0 saturated heterocycles. The molecule has 1 aliphatic carbocycles. The highest BCUT2D eigenvalue weighted by molar-refractivity contribution is 5.94. The molecule has 0 heterocycles. The quantitative estimate of drug-likeness (QED) is 0.585. The molecular formula is C15H22N2O3. The smallest absolute Gasteiger partial charge is 0.229 e. The molecule has 1 aromatic carbocycles. The zero-order chi connectivity index (χ0) is 14.5. The van der Waals surface area contributed by atoms with Crippen molar-refractivity contribution in [2.24, 2.45) is 11.7 Å². The van der Waals surface area contributed by atoms with Crippen molar-refractivity contribution in [2.45, 2.75) is 38.1 Å². The summed E-state index contributed by atoms with van der Waals surface area (Å²) in [6.45, 7) is 0. The first-order valence-electron chi connectivity index (χ1n) is 7.05. The van der Waals surface area contributed by atoms with Crippen molar-refractivity contribution in [2.75, 3.05) is 12.4 Å². The van der Waals surface area contributed by atoms with Gasteiger partial charge in [0.2, 0.25) is 5.91 Å². The van der Waals surface area contributed by atoms with E-state index in [1.165, 1.54) is 6.07 Å². The van der Waals surface area contributed by atoms with Crippen molar-refractivity contribution in [3.8, 4) is 11.5 Å². The Balaban J connectivity index is 2.10. The predicted octanol–water partition coefficient (Wildman–Crippen LogP) is 2.25. The standard InChI is InChI=1S/C15H22N2O3/c1-20-10-7-8-14(18)13(9-10)17-15(19)11-5-3-2-4-6-12(11)16/h7-9,11-12,18H,2-6,16H2,1H3,(H,17,19). The van der Waals surface area contributed by atoms with E-state index in [0.29, 0.717) is 11.4 Å². The second-order valence-electron chi connectivity index (χ2n) is 5.28. The molecule has 1 saturated carbocycles. The van der Waals surface area contributed by atoms with Crippen molar-refractivity contribution in [1.82, 2.24) is 0 Å². The van der Waals surface area contributed by atoms with Crippen LogP contribution in [0.5, 0.6) is 11.5 Å². The zero-order valence-electron chi connectivity index (χ0n) is 11.8. The van der Waals surface area contributed by atoms with Crippen molar-refractivity contribution in [3.63, 3.8) is 0 Å². The molecule has 1 amide bonds. The third-order valence-electron chi connectivity index (χ3n) is 3.87. The Bertz CT molecular complexity index is 476. The number of nitrogens with two attached hydrogens (primary N) is 1. The van der Waals surface area contributed by atoms with Crippen LogP contribution < -0.4 is 15.8 Å². The molecule has 5 nitrogen and oxygen atoms in total. The third-order valence-corrected chi connectivity index (χ3v) is 3.87. The summed E-state index contributed by atoms with van der Waals surface area (Å²) in [5.74, 6) is 0.302. The number of phenolic OH excluding ortho intramolecular Hbond substituents is 1. The number of carbonyl (C=O) groups is 1. The van der Waals surface area contributed by atoms with E-state index in [1.807, 2.05) is 0 Å². The van der Waals surface area contributed by atoms with Gasteiger partial charge in [-0.1, -0.05) is 19.3 Å². The van der Waals surface area contributed by atoms with Gasteiger partial charge in [0, 0.05) is 12.1 Å². The molecule has 4 N–H and O–H groups in total. The molecule has 20 heavy (non-hydrogen) atoms. The van der Waals surface area contributed by atoms with Crippen molar-refractivity contribution < 1.29 is 14.6 Å². The minimum Gasteiger partial charge on any atom is -0.506 e. The maximum absolute atomic E-state index is 12.3. The topological polar surface area (TPSA) is 84.6 Å². The Hall–Kier alpha value is -1.75. The predicted molar refractivity (Wildman–Crippen MR) is 77.8 cm³/mol. The van der Waals surface area contributed by atoms with Crippen LogP contribution in [0.25, 0.3) is 0 Å².